The van der Waals surface area contributed by atoms with Crippen LogP contribution >= 0.6 is 0 Å². The van der Waals surface area contributed by atoms with E-state index < -0.39 is 5.82 Å². The van der Waals surface area contributed by atoms with Crippen molar-refractivity contribution in [2.75, 3.05) is 5.73 Å². The topological polar surface area (TPSA) is 51.8 Å². The van der Waals surface area contributed by atoms with E-state index in [0.29, 0.717) is 5.56 Å². The number of nitrogen functional groups attached to an aromatic ring is 1. The minimum Gasteiger partial charge on any atom is -0.396 e. The zero-order chi connectivity index (χ0) is 12.5. The normalized spacial score (nSPS) is 10.7. The van der Waals surface area contributed by atoms with Crippen molar-refractivity contribution >= 4 is 16.6 Å². The van der Waals surface area contributed by atoms with Crippen LogP contribution in [-0.2, 0) is 0 Å². The number of halogens is 1. The summed E-state index contributed by atoms with van der Waals surface area (Å²) in [4.78, 5) is 8.31. The number of benzene rings is 1. The SMILES string of the molecule is Nc1ccnc(-c2ccnc3ccccc23)c1F. The second-order valence-electron chi connectivity index (χ2n) is 3.94. The van der Waals surface area contributed by atoms with Crippen molar-refractivity contribution in [3.63, 3.8) is 0 Å². The third-order valence-corrected chi connectivity index (χ3v) is 2.82. The molecule has 0 aliphatic carbocycles. The molecule has 18 heavy (non-hydrogen) atoms. The van der Waals surface area contributed by atoms with Crippen molar-refractivity contribution in [2.24, 2.45) is 0 Å². The maximum atomic E-state index is 14.0. The Bertz CT molecular complexity index is 720. The molecule has 0 atom stereocenters. The summed E-state index contributed by atoms with van der Waals surface area (Å²) in [5.74, 6) is -0.492. The Morgan fingerprint density at radius 3 is 2.61 bits per heavy atom. The number of aromatic nitrogens is 2. The van der Waals surface area contributed by atoms with Crippen LogP contribution in [0.25, 0.3) is 22.2 Å². The number of fused-ring (bicyclic) bond motifs is 1. The van der Waals surface area contributed by atoms with Crippen LogP contribution in [0.15, 0.2) is 48.8 Å². The van der Waals surface area contributed by atoms with Gasteiger partial charge in [0.15, 0.2) is 5.82 Å². The van der Waals surface area contributed by atoms with Crippen LogP contribution in [0.1, 0.15) is 0 Å². The summed E-state index contributed by atoms with van der Waals surface area (Å²) in [6.07, 6.45) is 3.14. The number of hydrogen-bond donors (Lipinski definition) is 1. The highest BCUT2D eigenvalue weighted by Gasteiger charge is 2.12. The standard InChI is InChI=1S/C14H10FN3/c15-13-11(16)6-8-18-14(13)10-5-7-17-12-4-2-1-3-9(10)12/h1-8H,(H2,16,18). The maximum Gasteiger partial charge on any atom is 0.172 e. The van der Waals surface area contributed by atoms with Crippen LogP contribution in [0.2, 0.25) is 0 Å². The summed E-state index contributed by atoms with van der Waals surface area (Å²) in [6, 6.07) is 10.7. The Labute approximate surface area is 103 Å². The first kappa shape index (κ1) is 10.7. The fourth-order valence-electron chi connectivity index (χ4n) is 1.95. The van der Waals surface area contributed by atoms with Crippen LogP contribution in [0.5, 0.6) is 0 Å². The molecule has 0 saturated carbocycles. The Kier molecular flexibility index (Phi) is 2.41. The highest BCUT2D eigenvalue weighted by atomic mass is 19.1. The molecule has 0 aliphatic rings. The van der Waals surface area contributed by atoms with E-state index in [1.165, 1.54) is 12.3 Å². The predicted molar refractivity (Wildman–Crippen MR) is 69.3 cm³/mol. The van der Waals surface area contributed by atoms with Gasteiger partial charge in [0.05, 0.1) is 11.2 Å². The number of rotatable bonds is 1. The van der Waals surface area contributed by atoms with E-state index in [1.807, 2.05) is 24.3 Å². The predicted octanol–water partition coefficient (Wildman–Crippen LogP) is 3.02. The van der Waals surface area contributed by atoms with E-state index in [1.54, 1.807) is 12.3 Å². The monoisotopic (exact) mass is 239 g/mol. The molecule has 3 nitrogen and oxygen atoms in total. The van der Waals surface area contributed by atoms with Crippen molar-refractivity contribution < 1.29 is 4.39 Å². The number of pyridine rings is 2. The number of para-hydroxylation sites is 1. The van der Waals surface area contributed by atoms with Crippen molar-refractivity contribution in [3.8, 4) is 11.3 Å². The molecule has 1 aromatic carbocycles. The molecule has 2 aromatic heterocycles. The van der Waals surface area contributed by atoms with E-state index >= 15 is 0 Å². The lowest BCUT2D eigenvalue weighted by atomic mass is 10.1. The Morgan fingerprint density at radius 1 is 0.944 bits per heavy atom. The number of hydrogen-bond acceptors (Lipinski definition) is 3. The van der Waals surface area contributed by atoms with Crippen molar-refractivity contribution in [1.82, 2.24) is 9.97 Å². The van der Waals surface area contributed by atoms with Crippen molar-refractivity contribution in [1.29, 1.82) is 0 Å². The van der Waals surface area contributed by atoms with Crippen molar-refractivity contribution in [2.45, 2.75) is 0 Å². The second kappa shape index (κ2) is 4.07. The van der Waals surface area contributed by atoms with Gasteiger partial charge in [0.2, 0.25) is 0 Å². The van der Waals surface area contributed by atoms with E-state index in [0.717, 1.165) is 10.9 Å². The molecule has 3 aromatic rings. The van der Waals surface area contributed by atoms with Gasteiger partial charge in [-0.3, -0.25) is 9.97 Å². The number of anilines is 1. The van der Waals surface area contributed by atoms with E-state index in [9.17, 15) is 4.39 Å². The lowest BCUT2D eigenvalue weighted by Gasteiger charge is -2.07. The summed E-state index contributed by atoms with van der Waals surface area (Å²) < 4.78 is 14.0. The molecule has 0 spiro atoms. The minimum absolute atomic E-state index is 0.0980. The summed E-state index contributed by atoms with van der Waals surface area (Å²) >= 11 is 0. The smallest absolute Gasteiger partial charge is 0.172 e. The maximum absolute atomic E-state index is 14.0. The molecule has 88 valence electrons. The van der Waals surface area contributed by atoms with Gasteiger partial charge >= 0.3 is 0 Å². The van der Waals surface area contributed by atoms with Gasteiger partial charge in [-0.2, -0.15) is 0 Å². The molecule has 4 heteroatoms. The number of nitrogens with zero attached hydrogens (tertiary/aromatic N) is 2. The number of nitrogens with two attached hydrogens (primary N) is 1. The molecule has 2 heterocycles. The van der Waals surface area contributed by atoms with Crippen molar-refractivity contribution in [3.05, 3.63) is 54.6 Å². The van der Waals surface area contributed by atoms with Crippen LogP contribution < -0.4 is 5.73 Å². The van der Waals surface area contributed by atoms with Crippen LogP contribution in [0, 0.1) is 5.82 Å². The Morgan fingerprint density at radius 2 is 1.72 bits per heavy atom. The third-order valence-electron chi connectivity index (χ3n) is 2.82. The Balaban J connectivity index is 2.35. The van der Waals surface area contributed by atoms with Gasteiger partial charge in [-0.05, 0) is 18.2 Å². The molecule has 3 rings (SSSR count). The molecule has 0 fully saturated rings. The molecule has 0 unspecified atom stereocenters. The van der Waals surface area contributed by atoms with E-state index in [4.69, 9.17) is 5.73 Å². The molecule has 0 saturated heterocycles. The van der Waals surface area contributed by atoms with Gasteiger partial charge < -0.3 is 5.73 Å². The lowest BCUT2D eigenvalue weighted by Crippen LogP contribution is -1.96. The van der Waals surface area contributed by atoms with Gasteiger partial charge in [0.25, 0.3) is 0 Å². The first-order valence-electron chi connectivity index (χ1n) is 5.51. The third kappa shape index (κ3) is 1.59. The second-order valence-corrected chi connectivity index (χ2v) is 3.94. The van der Waals surface area contributed by atoms with Gasteiger partial charge in [-0.15, -0.1) is 0 Å². The molecule has 0 bridgehead atoms. The first-order valence-corrected chi connectivity index (χ1v) is 5.51. The Hall–Kier alpha value is -2.49. The van der Waals surface area contributed by atoms with E-state index in [-0.39, 0.29) is 11.4 Å². The zero-order valence-corrected chi connectivity index (χ0v) is 9.47. The highest BCUT2D eigenvalue weighted by molar-refractivity contribution is 5.93. The summed E-state index contributed by atoms with van der Waals surface area (Å²) in [5, 5.41) is 0.858. The fraction of sp³-hybridized carbons (Fsp3) is 0. The fourth-order valence-corrected chi connectivity index (χ4v) is 1.95. The summed E-state index contributed by atoms with van der Waals surface area (Å²) in [6.45, 7) is 0. The van der Waals surface area contributed by atoms with E-state index in [2.05, 4.69) is 9.97 Å². The average molecular weight is 239 g/mol. The van der Waals surface area contributed by atoms with Crippen LogP contribution in [-0.4, -0.2) is 9.97 Å². The van der Waals surface area contributed by atoms with Crippen LogP contribution in [0.3, 0.4) is 0 Å². The summed E-state index contributed by atoms with van der Waals surface area (Å²) in [7, 11) is 0. The molecular weight excluding hydrogens is 229 g/mol. The largest absolute Gasteiger partial charge is 0.396 e. The molecule has 0 aliphatic heterocycles. The van der Waals surface area contributed by atoms with Gasteiger partial charge in [-0.1, -0.05) is 18.2 Å². The first-order chi connectivity index (χ1) is 8.77. The van der Waals surface area contributed by atoms with Gasteiger partial charge in [-0.25, -0.2) is 4.39 Å². The minimum atomic E-state index is -0.492. The quantitative estimate of drug-likeness (QED) is 0.710. The van der Waals surface area contributed by atoms with Crippen LogP contribution in [0.4, 0.5) is 10.1 Å². The highest BCUT2D eigenvalue weighted by Crippen LogP contribution is 2.29. The van der Waals surface area contributed by atoms with Gasteiger partial charge in [0.1, 0.15) is 5.69 Å². The molecule has 0 amide bonds. The zero-order valence-electron chi connectivity index (χ0n) is 9.47. The summed E-state index contributed by atoms with van der Waals surface area (Å²) in [5.41, 5.74) is 7.43. The molecular formula is C14H10FN3. The van der Waals surface area contributed by atoms with Gasteiger partial charge in [0, 0.05) is 23.3 Å². The average Bonchev–Trinajstić information content (AvgIpc) is 2.41. The molecule has 0 radical (unpaired) electrons. The molecule has 2 N–H and O–H groups in total. The lowest BCUT2D eigenvalue weighted by molar-refractivity contribution is 0.630.